The lowest BCUT2D eigenvalue weighted by Crippen LogP contribution is -2.48. The third-order valence-corrected chi connectivity index (χ3v) is 9.48. The molecule has 8 nitrogen and oxygen atoms in total. The standard InChI is InChI=1S/C29H26ClFN2O6/c1-29-18(26(36)33(28(29)38)14-5-8-20(31)19(30)11-14)12-17-15(6-7-16-23(17)27(37)32(2)25(16)35)24(29)13-4-9-21(34)22(10-13)39-3/h4-6,8-11,16-18,23-24,34H,7,12H2,1-3H3/t16-,17+,18-,23-,24-,29+/m0/s1. The van der Waals surface area contributed by atoms with E-state index in [-0.39, 0.29) is 40.4 Å². The lowest BCUT2D eigenvalue weighted by Gasteiger charge is -2.49. The number of nitrogens with zero attached hydrogens (tertiary/aromatic N) is 2. The van der Waals surface area contributed by atoms with Gasteiger partial charge in [-0.1, -0.05) is 29.3 Å². The minimum Gasteiger partial charge on any atom is -0.504 e. The molecule has 0 bridgehead atoms. The maximum Gasteiger partial charge on any atom is 0.241 e. The van der Waals surface area contributed by atoms with Gasteiger partial charge in [0.15, 0.2) is 11.5 Å². The Bertz CT molecular complexity index is 1510. The first-order chi connectivity index (χ1) is 18.5. The van der Waals surface area contributed by atoms with Gasteiger partial charge < -0.3 is 9.84 Å². The molecule has 2 aliphatic heterocycles. The molecule has 1 N–H and O–H groups in total. The summed E-state index contributed by atoms with van der Waals surface area (Å²) in [6.45, 7) is 1.74. The maximum absolute atomic E-state index is 14.3. The van der Waals surface area contributed by atoms with Crippen LogP contribution < -0.4 is 9.64 Å². The van der Waals surface area contributed by atoms with Gasteiger partial charge in [0, 0.05) is 13.0 Å². The monoisotopic (exact) mass is 552 g/mol. The number of phenols is 1. The van der Waals surface area contributed by atoms with Gasteiger partial charge >= 0.3 is 0 Å². The van der Waals surface area contributed by atoms with Crippen molar-refractivity contribution in [2.24, 2.45) is 29.1 Å². The summed E-state index contributed by atoms with van der Waals surface area (Å²) in [5, 5.41) is 10.0. The van der Waals surface area contributed by atoms with Crippen LogP contribution >= 0.6 is 11.6 Å². The molecule has 2 aromatic carbocycles. The van der Waals surface area contributed by atoms with Crippen LogP contribution in [0.15, 0.2) is 48.0 Å². The summed E-state index contributed by atoms with van der Waals surface area (Å²) in [6.07, 6.45) is 2.49. The van der Waals surface area contributed by atoms with E-state index in [0.29, 0.717) is 12.0 Å². The van der Waals surface area contributed by atoms with E-state index in [1.165, 1.54) is 32.4 Å². The fraction of sp³-hybridized carbons (Fsp3) is 0.379. The largest absolute Gasteiger partial charge is 0.504 e. The number of amides is 4. The number of imide groups is 2. The van der Waals surface area contributed by atoms with Crippen LogP contribution in [0, 0.1) is 34.9 Å². The second-order valence-corrected chi connectivity index (χ2v) is 11.3. The highest BCUT2D eigenvalue weighted by atomic mass is 35.5. The molecule has 10 heteroatoms. The minimum absolute atomic E-state index is 0.0809. The number of hydrogen-bond donors (Lipinski definition) is 1. The number of likely N-dealkylation sites (tertiary alicyclic amines) is 1. The van der Waals surface area contributed by atoms with Gasteiger partial charge in [0.25, 0.3) is 0 Å². The molecule has 6 rings (SSSR count). The molecule has 2 aromatic rings. The average Bonchev–Trinajstić information content (AvgIpc) is 3.25. The van der Waals surface area contributed by atoms with Crippen molar-refractivity contribution in [1.82, 2.24) is 4.90 Å². The van der Waals surface area contributed by atoms with Crippen LogP contribution in [0.25, 0.3) is 0 Å². The highest BCUT2D eigenvalue weighted by Crippen LogP contribution is 2.63. The van der Waals surface area contributed by atoms with Crippen molar-refractivity contribution < 1.29 is 33.4 Å². The normalized spacial score (nSPS) is 31.7. The molecule has 4 aliphatic rings. The summed E-state index contributed by atoms with van der Waals surface area (Å²) in [4.78, 5) is 56.6. The van der Waals surface area contributed by atoms with Gasteiger partial charge in [0.1, 0.15) is 5.82 Å². The molecule has 6 atom stereocenters. The molecule has 202 valence electrons. The van der Waals surface area contributed by atoms with Crippen LogP contribution in [-0.2, 0) is 19.2 Å². The highest BCUT2D eigenvalue weighted by Gasteiger charge is 2.67. The SMILES string of the molecule is COc1cc([C@H]2C3=CC[C@@H]4C(=O)N(C)C(=O)[C@@H]4[C@@H]3C[C@H]3C(=O)N(c4ccc(F)c(Cl)c4)C(=O)[C@@]23C)ccc1O. The molecular formula is C29H26ClFN2O6. The fourth-order valence-corrected chi connectivity index (χ4v) is 7.47. The zero-order chi connectivity index (χ0) is 28.0. The fourth-order valence-electron chi connectivity index (χ4n) is 7.30. The summed E-state index contributed by atoms with van der Waals surface area (Å²) in [6, 6.07) is 8.49. The number of carbonyl (C=O) groups is 4. The van der Waals surface area contributed by atoms with Gasteiger partial charge in [-0.25, -0.2) is 9.29 Å². The van der Waals surface area contributed by atoms with Crippen LogP contribution in [0.4, 0.5) is 10.1 Å². The third kappa shape index (κ3) is 3.35. The minimum atomic E-state index is -1.27. The second kappa shape index (κ2) is 8.64. The quantitative estimate of drug-likeness (QED) is 0.455. The Kier molecular flexibility index (Phi) is 5.66. The number of carbonyl (C=O) groups excluding carboxylic acids is 4. The molecule has 2 heterocycles. The van der Waals surface area contributed by atoms with Crippen LogP contribution in [0.5, 0.6) is 11.5 Å². The van der Waals surface area contributed by atoms with Crippen LogP contribution in [-0.4, -0.2) is 47.8 Å². The molecule has 2 saturated heterocycles. The van der Waals surface area contributed by atoms with Crippen LogP contribution in [0.1, 0.15) is 31.2 Å². The Balaban J connectivity index is 1.55. The van der Waals surface area contributed by atoms with E-state index < -0.39 is 52.6 Å². The molecule has 4 amide bonds. The zero-order valence-corrected chi connectivity index (χ0v) is 22.2. The maximum atomic E-state index is 14.3. The van der Waals surface area contributed by atoms with Gasteiger partial charge in [-0.15, -0.1) is 0 Å². The number of rotatable bonds is 3. The second-order valence-electron chi connectivity index (χ2n) is 10.9. The van der Waals surface area contributed by atoms with Gasteiger partial charge in [0.05, 0.1) is 41.0 Å². The molecule has 1 saturated carbocycles. The number of hydrogen-bond acceptors (Lipinski definition) is 6. The predicted octanol–water partition coefficient (Wildman–Crippen LogP) is 4.05. The van der Waals surface area contributed by atoms with E-state index in [0.717, 1.165) is 21.4 Å². The van der Waals surface area contributed by atoms with Crippen LogP contribution in [0.2, 0.25) is 5.02 Å². The average molecular weight is 553 g/mol. The molecular weight excluding hydrogens is 527 g/mol. The summed E-state index contributed by atoms with van der Waals surface area (Å²) >= 11 is 6.01. The van der Waals surface area contributed by atoms with Crippen molar-refractivity contribution >= 4 is 40.9 Å². The van der Waals surface area contributed by atoms with Crippen molar-refractivity contribution in [3.63, 3.8) is 0 Å². The Hall–Kier alpha value is -3.72. The number of methoxy groups -OCH3 is 1. The van der Waals surface area contributed by atoms with E-state index in [2.05, 4.69) is 0 Å². The summed E-state index contributed by atoms with van der Waals surface area (Å²) in [5.74, 6) is -5.08. The molecule has 0 aromatic heterocycles. The number of benzene rings is 2. The Morgan fingerprint density at radius 3 is 2.49 bits per heavy atom. The summed E-state index contributed by atoms with van der Waals surface area (Å²) < 4.78 is 19.3. The smallest absolute Gasteiger partial charge is 0.241 e. The van der Waals surface area contributed by atoms with Gasteiger partial charge in [-0.05, 0) is 61.6 Å². The van der Waals surface area contributed by atoms with E-state index >= 15 is 0 Å². The van der Waals surface area contributed by atoms with E-state index in [9.17, 15) is 28.7 Å². The number of phenolic OH excluding ortho intramolecular Hbond substituents is 1. The number of halogens is 2. The number of allylic oxidation sites excluding steroid dienone is 2. The van der Waals surface area contributed by atoms with Crippen molar-refractivity contribution in [2.45, 2.75) is 25.7 Å². The molecule has 0 radical (unpaired) electrons. The van der Waals surface area contributed by atoms with Gasteiger partial charge in [-0.2, -0.15) is 0 Å². The van der Waals surface area contributed by atoms with Gasteiger partial charge in [-0.3, -0.25) is 24.1 Å². The molecule has 0 unspecified atom stereocenters. The first kappa shape index (κ1) is 25.6. The third-order valence-electron chi connectivity index (χ3n) is 9.19. The first-order valence-electron chi connectivity index (χ1n) is 12.7. The van der Waals surface area contributed by atoms with E-state index in [1.54, 1.807) is 19.1 Å². The Morgan fingerprint density at radius 2 is 1.79 bits per heavy atom. The van der Waals surface area contributed by atoms with Gasteiger partial charge in [0.2, 0.25) is 23.6 Å². The predicted molar refractivity (Wildman–Crippen MR) is 138 cm³/mol. The van der Waals surface area contributed by atoms with Crippen molar-refractivity contribution in [1.29, 1.82) is 0 Å². The van der Waals surface area contributed by atoms with Crippen molar-refractivity contribution in [2.75, 3.05) is 19.1 Å². The van der Waals surface area contributed by atoms with E-state index in [4.69, 9.17) is 16.3 Å². The first-order valence-corrected chi connectivity index (χ1v) is 13.1. The number of fused-ring (bicyclic) bond motifs is 4. The molecule has 3 fully saturated rings. The summed E-state index contributed by atoms with van der Waals surface area (Å²) in [5.41, 5.74) is 0.346. The molecule has 2 aliphatic carbocycles. The number of ether oxygens (including phenoxy) is 1. The highest BCUT2D eigenvalue weighted by molar-refractivity contribution is 6.31. The van der Waals surface area contributed by atoms with Crippen molar-refractivity contribution in [3.8, 4) is 11.5 Å². The molecule has 39 heavy (non-hydrogen) atoms. The lowest BCUT2D eigenvalue weighted by molar-refractivity contribution is -0.138. The molecule has 0 spiro atoms. The van der Waals surface area contributed by atoms with E-state index in [1.807, 2.05) is 6.08 Å². The van der Waals surface area contributed by atoms with Crippen molar-refractivity contribution in [3.05, 3.63) is 64.5 Å². The Morgan fingerprint density at radius 1 is 1.05 bits per heavy atom. The number of anilines is 1. The summed E-state index contributed by atoms with van der Waals surface area (Å²) in [7, 11) is 2.89. The topological polar surface area (TPSA) is 104 Å². The zero-order valence-electron chi connectivity index (χ0n) is 21.5. The Labute approximate surface area is 229 Å². The van der Waals surface area contributed by atoms with Crippen LogP contribution in [0.3, 0.4) is 0 Å². The number of aromatic hydroxyl groups is 1. The lowest BCUT2D eigenvalue weighted by atomic mass is 9.51.